The zero-order valence-corrected chi connectivity index (χ0v) is 14.7. The van der Waals surface area contributed by atoms with E-state index in [2.05, 4.69) is 83.7 Å². The van der Waals surface area contributed by atoms with Crippen LogP contribution in [0.4, 0.5) is 5.69 Å². The van der Waals surface area contributed by atoms with Crippen molar-refractivity contribution in [2.75, 3.05) is 4.23 Å². The third-order valence-electron chi connectivity index (χ3n) is 2.41. The predicted molar refractivity (Wildman–Crippen MR) is 83.3 cm³/mol. The fourth-order valence-electron chi connectivity index (χ4n) is 2.40. The highest BCUT2D eigenvalue weighted by Crippen LogP contribution is 2.29. The Morgan fingerprint density at radius 2 is 1.44 bits per heavy atom. The van der Waals surface area contributed by atoms with Crippen molar-refractivity contribution in [1.82, 2.24) is 0 Å². The summed E-state index contributed by atoms with van der Waals surface area (Å²) >= 11 is 3.57. The summed E-state index contributed by atoms with van der Waals surface area (Å²) in [6.45, 7) is 14.5. The van der Waals surface area contributed by atoms with Crippen LogP contribution in [0.15, 0.2) is 28.7 Å². The van der Waals surface area contributed by atoms with Crippen LogP contribution in [0.25, 0.3) is 0 Å². The van der Waals surface area contributed by atoms with Gasteiger partial charge in [-0.1, -0.05) is 61.3 Å². The number of benzene rings is 1. The molecule has 1 aromatic carbocycles. The number of anilines is 1. The molecule has 0 heterocycles. The summed E-state index contributed by atoms with van der Waals surface area (Å²) in [4.78, 5) is 0. The molecule has 16 heavy (non-hydrogen) atoms. The van der Waals surface area contributed by atoms with Gasteiger partial charge in [0.25, 0.3) is 0 Å². The van der Waals surface area contributed by atoms with E-state index in [9.17, 15) is 0 Å². The number of rotatable bonds is 3. The van der Waals surface area contributed by atoms with Gasteiger partial charge in [0.2, 0.25) is 0 Å². The maximum Gasteiger partial charge on any atom is 0.138 e. The van der Waals surface area contributed by atoms with Crippen LogP contribution in [0.3, 0.4) is 0 Å². The molecule has 0 radical (unpaired) electrons. The molecule has 0 atom stereocenters. The Kier molecular flexibility index (Phi) is 4.08. The molecular weight excluding hydrogens is 294 g/mol. The molecule has 1 nitrogen and oxygen atoms in total. The Balaban J connectivity index is 3.23. The van der Waals surface area contributed by atoms with Crippen LogP contribution in [0, 0.1) is 0 Å². The quantitative estimate of drug-likeness (QED) is 0.715. The van der Waals surface area contributed by atoms with Gasteiger partial charge in [-0.25, -0.2) is 0 Å². The SMILES string of the molecule is C[Si](C)(C)N(c1cccc(Br)c1)[Si](C)(C)C. The van der Waals surface area contributed by atoms with Gasteiger partial charge in [0.15, 0.2) is 0 Å². The van der Waals surface area contributed by atoms with Gasteiger partial charge in [-0.05, 0) is 18.2 Å². The monoisotopic (exact) mass is 315 g/mol. The molecule has 0 saturated heterocycles. The van der Waals surface area contributed by atoms with E-state index in [1.54, 1.807) is 0 Å². The smallest absolute Gasteiger partial charge is 0.138 e. The highest BCUT2D eigenvalue weighted by molar-refractivity contribution is 9.10. The van der Waals surface area contributed by atoms with Crippen LogP contribution in [0.5, 0.6) is 0 Å². The molecule has 0 unspecified atom stereocenters. The minimum absolute atomic E-state index is 1.17. The first-order chi connectivity index (χ1) is 7.12. The Morgan fingerprint density at radius 3 is 1.81 bits per heavy atom. The van der Waals surface area contributed by atoms with Crippen molar-refractivity contribution in [3.05, 3.63) is 28.7 Å². The van der Waals surface area contributed by atoms with Crippen LogP contribution in [0.2, 0.25) is 39.3 Å². The topological polar surface area (TPSA) is 3.24 Å². The van der Waals surface area contributed by atoms with Gasteiger partial charge in [0.05, 0.1) is 0 Å². The molecule has 0 saturated carbocycles. The maximum atomic E-state index is 3.57. The Morgan fingerprint density at radius 1 is 0.938 bits per heavy atom. The van der Waals surface area contributed by atoms with Crippen LogP contribution in [-0.4, -0.2) is 16.5 Å². The first-order valence-corrected chi connectivity index (χ1v) is 13.4. The summed E-state index contributed by atoms with van der Waals surface area (Å²) in [5.41, 5.74) is 1.38. The normalized spacial score (nSPS) is 12.7. The third kappa shape index (κ3) is 3.47. The van der Waals surface area contributed by atoms with E-state index in [4.69, 9.17) is 0 Å². The lowest BCUT2D eigenvalue weighted by Crippen LogP contribution is -2.59. The number of hydrogen-bond donors (Lipinski definition) is 0. The van der Waals surface area contributed by atoms with Crippen molar-refractivity contribution in [2.24, 2.45) is 0 Å². The van der Waals surface area contributed by atoms with Gasteiger partial charge in [0, 0.05) is 10.2 Å². The zero-order valence-electron chi connectivity index (χ0n) is 11.1. The van der Waals surface area contributed by atoms with Gasteiger partial charge >= 0.3 is 0 Å². The molecule has 0 spiro atoms. The standard InChI is InChI=1S/C12H22BrNSi2/c1-15(2,3)14(16(4,5)6)12-9-7-8-11(13)10-12/h7-10H,1-6H3. The molecule has 0 fully saturated rings. The van der Waals surface area contributed by atoms with Crippen LogP contribution >= 0.6 is 15.9 Å². The van der Waals surface area contributed by atoms with E-state index < -0.39 is 16.5 Å². The number of nitrogens with zero attached hydrogens (tertiary/aromatic N) is 1. The molecule has 0 amide bonds. The van der Waals surface area contributed by atoms with E-state index in [0.717, 1.165) is 0 Å². The molecule has 1 aromatic rings. The maximum absolute atomic E-state index is 3.57. The number of halogens is 1. The van der Waals surface area contributed by atoms with Crippen molar-refractivity contribution in [2.45, 2.75) is 39.3 Å². The summed E-state index contributed by atoms with van der Waals surface area (Å²) in [6.07, 6.45) is 0. The lowest BCUT2D eigenvalue weighted by molar-refractivity contribution is 1.35. The Labute approximate surface area is 110 Å². The Bertz CT molecular complexity index is 352. The largest absolute Gasteiger partial charge is 0.425 e. The average molecular weight is 316 g/mol. The van der Waals surface area contributed by atoms with Gasteiger partial charge in [-0.2, -0.15) is 0 Å². The molecule has 4 heteroatoms. The predicted octanol–water partition coefficient (Wildman–Crippen LogP) is 4.93. The Hall–Kier alpha value is -0.0662. The fourth-order valence-corrected chi connectivity index (χ4v) is 12.7. The first-order valence-electron chi connectivity index (χ1n) is 5.68. The lowest BCUT2D eigenvalue weighted by Gasteiger charge is -2.46. The van der Waals surface area contributed by atoms with Crippen molar-refractivity contribution in [1.29, 1.82) is 0 Å². The fraction of sp³-hybridized carbons (Fsp3) is 0.500. The van der Waals surface area contributed by atoms with Gasteiger partial charge < -0.3 is 4.23 Å². The zero-order chi connectivity index (χ0) is 12.6. The second kappa shape index (κ2) is 4.66. The van der Waals surface area contributed by atoms with E-state index >= 15 is 0 Å². The summed E-state index contributed by atoms with van der Waals surface area (Å²) in [7, 11) is -2.62. The average Bonchev–Trinajstić information content (AvgIpc) is 1.97. The minimum Gasteiger partial charge on any atom is -0.425 e. The van der Waals surface area contributed by atoms with Crippen molar-refractivity contribution >= 4 is 38.1 Å². The summed E-state index contributed by atoms with van der Waals surface area (Å²) in [6, 6.07) is 8.71. The van der Waals surface area contributed by atoms with Crippen LogP contribution < -0.4 is 4.23 Å². The van der Waals surface area contributed by atoms with Gasteiger partial charge in [-0.15, -0.1) is 0 Å². The van der Waals surface area contributed by atoms with Gasteiger partial charge in [0.1, 0.15) is 16.5 Å². The van der Waals surface area contributed by atoms with E-state index in [1.165, 1.54) is 10.2 Å². The minimum atomic E-state index is -1.31. The van der Waals surface area contributed by atoms with E-state index in [1.807, 2.05) is 0 Å². The van der Waals surface area contributed by atoms with Crippen LogP contribution in [-0.2, 0) is 0 Å². The first kappa shape index (κ1) is 14.0. The highest BCUT2D eigenvalue weighted by Gasteiger charge is 2.34. The molecule has 1 rings (SSSR count). The van der Waals surface area contributed by atoms with E-state index in [-0.39, 0.29) is 0 Å². The van der Waals surface area contributed by atoms with Crippen molar-refractivity contribution in [3.8, 4) is 0 Å². The summed E-state index contributed by atoms with van der Waals surface area (Å²) in [5.74, 6) is 0. The molecule has 0 aliphatic rings. The third-order valence-corrected chi connectivity index (χ3v) is 10.1. The molecule has 0 aliphatic heterocycles. The molecule has 0 N–H and O–H groups in total. The van der Waals surface area contributed by atoms with Gasteiger partial charge in [-0.3, -0.25) is 0 Å². The second-order valence-corrected chi connectivity index (χ2v) is 17.1. The van der Waals surface area contributed by atoms with Crippen molar-refractivity contribution in [3.63, 3.8) is 0 Å². The van der Waals surface area contributed by atoms with Crippen LogP contribution in [0.1, 0.15) is 0 Å². The summed E-state index contributed by atoms with van der Waals surface area (Å²) < 4.78 is 3.90. The van der Waals surface area contributed by atoms with Crippen molar-refractivity contribution < 1.29 is 0 Å². The lowest BCUT2D eigenvalue weighted by atomic mass is 10.3. The highest BCUT2D eigenvalue weighted by atomic mass is 79.9. The molecular formula is C12H22BrNSi2. The van der Waals surface area contributed by atoms with E-state index in [0.29, 0.717) is 0 Å². The molecule has 0 bridgehead atoms. The summed E-state index contributed by atoms with van der Waals surface area (Å²) in [5, 5.41) is 0. The molecule has 0 aliphatic carbocycles. The second-order valence-electron chi connectivity index (χ2n) is 6.16. The molecule has 0 aromatic heterocycles. The molecule has 90 valence electrons. The number of hydrogen-bond acceptors (Lipinski definition) is 1.